The highest BCUT2D eigenvalue weighted by molar-refractivity contribution is 7.92. The lowest BCUT2D eigenvalue weighted by Crippen LogP contribution is -2.33. The fourth-order valence-corrected chi connectivity index (χ4v) is 7.06. The van der Waals surface area contributed by atoms with Gasteiger partial charge in [0.05, 0.1) is 0 Å². The summed E-state index contributed by atoms with van der Waals surface area (Å²) >= 11 is 1.09. The van der Waals surface area contributed by atoms with Gasteiger partial charge in [0.15, 0.2) is 0 Å². The number of thiophene rings is 1. The molecule has 9 nitrogen and oxygen atoms in total. The first-order valence-electron chi connectivity index (χ1n) is 13.4. The predicted octanol–water partition coefficient (Wildman–Crippen LogP) is 5.16. The predicted molar refractivity (Wildman–Crippen MR) is 161 cm³/mol. The standard InChI is InChI=1S/C29H33N5O4S2/c1-21-6-13-27(39-21)40(37,38)32-29(36)31-23-7-10-25(11-8-23)34-19-14-22-20-24(9-12-26(22)28(34)35)30-15-5-18-33-16-3-2-4-17-33/h6-14,19-20,30H,2-5,15-18H2,1H3,(H2,31,32,36). The SMILES string of the molecule is Cc1ccc(S(=O)(=O)NC(=O)Nc2ccc(-n3ccc4cc(NCCCN5CCCCC5)ccc4c3=O)cc2)s1. The van der Waals surface area contributed by atoms with Crippen LogP contribution in [0.4, 0.5) is 16.2 Å². The summed E-state index contributed by atoms with van der Waals surface area (Å²) in [6, 6.07) is 16.6. The number of aromatic nitrogens is 1. The summed E-state index contributed by atoms with van der Waals surface area (Å²) in [6.07, 6.45) is 6.76. The minimum atomic E-state index is -3.95. The first-order valence-corrected chi connectivity index (χ1v) is 15.7. The molecule has 2 amide bonds. The van der Waals surface area contributed by atoms with E-state index in [-0.39, 0.29) is 9.77 Å². The van der Waals surface area contributed by atoms with Gasteiger partial charge in [0.2, 0.25) is 0 Å². The third-order valence-corrected chi connectivity index (χ3v) is 9.77. The number of urea groups is 1. The van der Waals surface area contributed by atoms with Crippen molar-refractivity contribution in [2.45, 2.75) is 36.8 Å². The van der Waals surface area contributed by atoms with E-state index < -0.39 is 16.1 Å². The van der Waals surface area contributed by atoms with Crippen molar-refractivity contribution in [2.24, 2.45) is 0 Å². The lowest BCUT2D eigenvalue weighted by molar-refractivity contribution is 0.228. The number of hydrogen-bond donors (Lipinski definition) is 3. The molecule has 2 aromatic heterocycles. The Kier molecular flexibility index (Phi) is 8.53. The van der Waals surface area contributed by atoms with Crippen molar-refractivity contribution in [1.29, 1.82) is 0 Å². The number of carbonyl (C=O) groups excluding carboxylic acids is 1. The van der Waals surface area contributed by atoms with Crippen molar-refractivity contribution in [1.82, 2.24) is 14.2 Å². The number of benzene rings is 2. The molecule has 1 saturated heterocycles. The number of fused-ring (bicyclic) bond motifs is 1. The molecule has 0 radical (unpaired) electrons. The highest BCUT2D eigenvalue weighted by Crippen LogP contribution is 2.21. The topological polar surface area (TPSA) is 113 Å². The monoisotopic (exact) mass is 579 g/mol. The van der Waals surface area contributed by atoms with Crippen molar-refractivity contribution in [3.8, 4) is 5.69 Å². The van der Waals surface area contributed by atoms with Crippen LogP contribution >= 0.6 is 11.3 Å². The maximum atomic E-state index is 13.2. The Labute approximate surface area is 237 Å². The average molecular weight is 580 g/mol. The van der Waals surface area contributed by atoms with Crippen molar-refractivity contribution >= 4 is 49.5 Å². The van der Waals surface area contributed by atoms with Crippen molar-refractivity contribution in [3.05, 3.63) is 82.1 Å². The van der Waals surface area contributed by atoms with Gasteiger partial charge in [-0.2, -0.15) is 0 Å². The van der Waals surface area contributed by atoms with Crippen LogP contribution in [0.2, 0.25) is 0 Å². The summed E-state index contributed by atoms with van der Waals surface area (Å²) in [4.78, 5) is 28.9. The molecule has 0 aliphatic carbocycles. The zero-order valence-corrected chi connectivity index (χ0v) is 24.0. The van der Waals surface area contributed by atoms with E-state index in [0.29, 0.717) is 16.8 Å². The first kappa shape index (κ1) is 27.9. The molecule has 40 heavy (non-hydrogen) atoms. The van der Waals surface area contributed by atoms with E-state index in [2.05, 4.69) is 15.5 Å². The van der Waals surface area contributed by atoms with Crippen LogP contribution in [0.5, 0.6) is 0 Å². The maximum Gasteiger partial charge on any atom is 0.333 e. The summed E-state index contributed by atoms with van der Waals surface area (Å²) < 4.78 is 28.4. The second kappa shape index (κ2) is 12.2. The summed E-state index contributed by atoms with van der Waals surface area (Å²) in [7, 11) is -3.95. The molecule has 0 atom stereocenters. The van der Waals surface area contributed by atoms with Gasteiger partial charge in [0.1, 0.15) is 4.21 Å². The smallest absolute Gasteiger partial charge is 0.333 e. The molecule has 2 aromatic carbocycles. The number of nitrogens with zero attached hydrogens (tertiary/aromatic N) is 2. The molecule has 1 aliphatic heterocycles. The number of carbonyl (C=O) groups is 1. The largest absolute Gasteiger partial charge is 0.385 e. The Morgan fingerprint density at radius 1 is 0.950 bits per heavy atom. The second-order valence-electron chi connectivity index (χ2n) is 9.95. The van der Waals surface area contributed by atoms with E-state index in [4.69, 9.17) is 0 Å². The maximum absolute atomic E-state index is 13.2. The van der Waals surface area contributed by atoms with Crippen LogP contribution in [-0.4, -0.2) is 50.1 Å². The molecular weight excluding hydrogens is 546 g/mol. The molecule has 210 valence electrons. The van der Waals surface area contributed by atoms with Gasteiger partial charge in [-0.25, -0.2) is 17.9 Å². The van der Waals surface area contributed by atoms with Gasteiger partial charge in [0.25, 0.3) is 15.6 Å². The number of sulfonamides is 1. The van der Waals surface area contributed by atoms with E-state index >= 15 is 0 Å². The van der Waals surface area contributed by atoms with Gasteiger partial charge >= 0.3 is 6.03 Å². The number of anilines is 2. The number of nitrogens with one attached hydrogen (secondary N) is 3. The number of hydrogen-bond acceptors (Lipinski definition) is 7. The normalized spacial score (nSPS) is 14.2. The zero-order chi connectivity index (χ0) is 28.1. The quantitative estimate of drug-likeness (QED) is 0.236. The summed E-state index contributed by atoms with van der Waals surface area (Å²) in [5.41, 5.74) is 1.86. The summed E-state index contributed by atoms with van der Waals surface area (Å²) in [5, 5.41) is 7.47. The van der Waals surface area contributed by atoms with Gasteiger partial charge in [-0.1, -0.05) is 6.42 Å². The van der Waals surface area contributed by atoms with Gasteiger partial charge in [-0.05, 0) is 112 Å². The highest BCUT2D eigenvalue weighted by Gasteiger charge is 2.19. The number of likely N-dealkylation sites (tertiary alicyclic amines) is 1. The highest BCUT2D eigenvalue weighted by atomic mass is 32.2. The molecular formula is C29H33N5O4S2. The van der Waals surface area contributed by atoms with Crippen LogP contribution < -0.4 is 20.9 Å². The summed E-state index contributed by atoms with van der Waals surface area (Å²) in [6.45, 7) is 6.20. The zero-order valence-electron chi connectivity index (χ0n) is 22.4. The molecule has 0 saturated carbocycles. The number of aryl methyl sites for hydroxylation is 1. The Balaban J connectivity index is 1.20. The fourth-order valence-electron chi connectivity index (χ4n) is 4.87. The van der Waals surface area contributed by atoms with Crippen molar-refractivity contribution in [2.75, 3.05) is 36.8 Å². The Hall–Kier alpha value is -3.67. The number of pyridine rings is 1. The van der Waals surface area contributed by atoms with Gasteiger partial charge in [-0.3, -0.25) is 9.36 Å². The molecule has 3 heterocycles. The third kappa shape index (κ3) is 6.72. The Morgan fingerprint density at radius 3 is 2.42 bits per heavy atom. The number of piperidine rings is 1. The Morgan fingerprint density at radius 2 is 1.70 bits per heavy atom. The van der Waals surface area contributed by atoms with Crippen LogP contribution in [0.3, 0.4) is 0 Å². The van der Waals surface area contributed by atoms with Crippen LogP contribution in [0.15, 0.2) is 75.9 Å². The molecule has 5 rings (SSSR count). The van der Waals surface area contributed by atoms with Crippen molar-refractivity contribution in [3.63, 3.8) is 0 Å². The van der Waals surface area contributed by atoms with Gasteiger partial charge in [-0.15, -0.1) is 11.3 Å². The van der Waals surface area contributed by atoms with E-state index in [9.17, 15) is 18.0 Å². The first-order chi connectivity index (χ1) is 19.3. The molecule has 11 heteroatoms. The molecule has 1 fully saturated rings. The van der Waals surface area contributed by atoms with E-state index in [1.807, 2.05) is 29.0 Å². The fraction of sp³-hybridized carbons (Fsp3) is 0.310. The molecule has 0 spiro atoms. The molecule has 0 unspecified atom stereocenters. The van der Waals surface area contributed by atoms with Crippen LogP contribution in [0.25, 0.3) is 16.5 Å². The minimum absolute atomic E-state index is 0.0712. The van der Waals surface area contributed by atoms with Gasteiger partial charge in [0, 0.05) is 40.1 Å². The van der Waals surface area contributed by atoms with Gasteiger partial charge < -0.3 is 15.5 Å². The van der Waals surface area contributed by atoms with Crippen LogP contribution in [-0.2, 0) is 10.0 Å². The Bertz CT molecular complexity index is 1660. The number of amides is 2. The molecule has 3 N–H and O–H groups in total. The second-order valence-corrected chi connectivity index (χ2v) is 13.1. The lowest BCUT2D eigenvalue weighted by atomic mass is 10.1. The summed E-state index contributed by atoms with van der Waals surface area (Å²) in [5.74, 6) is 0. The minimum Gasteiger partial charge on any atom is -0.385 e. The van der Waals surface area contributed by atoms with E-state index in [0.717, 1.165) is 46.8 Å². The molecule has 1 aliphatic rings. The van der Waals surface area contributed by atoms with E-state index in [1.165, 1.54) is 38.4 Å². The lowest BCUT2D eigenvalue weighted by Gasteiger charge is -2.26. The number of rotatable bonds is 9. The van der Waals surface area contributed by atoms with E-state index in [1.54, 1.807) is 48.0 Å². The van der Waals surface area contributed by atoms with Crippen LogP contribution in [0.1, 0.15) is 30.6 Å². The third-order valence-electron chi connectivity index (χ3n) is 6.94. The molecule has 0 bridgehead atoms. The average Bonchev–Trinajstić information content (AvgIpc) is 3.39. The van der Waals surface area contributed by atoms with Crippen LogP contribution in [0, 0.1) is 6.92 Å². The van der Waals surface area contributed by atoms with Crippen molar-refractivity contribution < 1.29 is 13.2 Å². The molecule has 4 aromatic rings.